The number of thiophene rings is 1. The fourth-order valence-electron chi connectivity index (χ4n) is 2.31. The molecule has 0 aromatic carbocycles. The fourth-order valence-corrected chi connectivity index (χ4v) is 3.05. The molecule has 0 N–H and O–H groups in total. The lowest BCUT2D eigenvalue weighted by atomic mass is 9.91. The number of nitrogens with zero attached hydrogens (tertiary/aromatic N) is 1. The second kappa shape index (κ2) is 5.00. The first-order valence-corrected chi connectivity index (χ1v) is 6.93. The van der Waals surface area contributed by atoms with Gasteiger partial charge in [0, 0.05) is 19.0 Å². The second-order valence-corrected chi connectivity index (χ2v) is 5.59. The molecular weight excluding hydrogens is 218 g/mol. The van der Waals surface area contributed by atoms with Crippen LogP contribution < -0.4 is 0 Å². The number of carbonyl (C=O) groups excluding carboxylic acids is 1. The maximum atomic E-state index is 11.8. The molecule has 2 heterocycles. The molecule has 16 heavy (non-hydrogen) atoms. The quantitative estimate of drug-likeness (QED) is 0.774. The highest BCUT2D eigenvalue weighted by atomic mass is 32.1. The molecule has 1 aliphatic rings. The summed E-state index contributed by atoms with van der Waals surface area (Å²) in [6.07, 6.45) is 2.24. The van der Waals surface area contributed by atoms with Crippen LogP contribution in [0, 0.1) is 5.92 Å². The molecule has 1 amide bonds. The van der Waals surface area contributed by atoms with Crippen molar-refractivity contribution in [2.45, 2.75) is 32.6 Å². The summed E-state index contributed by atoms with van der Waals surface area (Å²) in [7, 11) is 0. The van der Waals surface area contributed by atoms with Gasteiger partial charge in [-0.1, -0.05) is 13.8 Å². The normalized spacial score (nSPS) is 18.1. The minimum absolute atomic E-state index is 0.137. The van der Waals surface area contributed by atoms with E-state index >= 15 is 0 Å². The highest BCUT2D eigenvalue weighted by Gasteiger charge is 2.24. The molecule has 0 bridgehead atoms. The van der Waals surface area contributed by atoms with Gasteiger partial charge in [-0.2, -0.15) is 11.3 Å². The predicted molar refractivity (Wildman–Crippen MR) is 67.7 cm³/mol. The third-order valence-corrected chi connectivity index (χ3v) is 4.02. The minimum Gasteiger partial charge on any atom is -0.342 e. The third-order valence-electron chi connectivity index (χ3n) is 3.32. The van der Waals surface area contributed by atoms with E-state index in [4.69, 9.17) is 0 Å². The van der Waals surface area contributed by atoms with Crippen molar-refractivity contribution in [1.82, 2.24) is 4.90 Å². The van der Waals surface area contributed by atoms with E-state index in [0.717, 1.165) is 25.9 Å². The van der Waals surface area contributed by atoms with E-state index < -0.39 is 0 Å². The topological polar surface area (TPSA) is 20.3 Å². The molecule has 2 nitrogen and oxygen atoms in total. The van der Waals surface area contributed by atoms with Gasteiger partial charge in [0.1, 0.15) is 0 Å². The number of piperidine rings is 1. The molecule has 1 aromatic rings. The summed E-state index contributed by atoms with van der Waals surface area (Å²) >= 11 is 1.76. The van der Waals surface area contributed by atoms with Gasteiger partial charge in [-0.25, -0.2) is 0 Å². The van der Waals surface area contributed by atoms with E-state index in [-0.39, 0.29) is 5.92 Å². The van der Waals surface area contributed by atoms with E-state index in [0.29, 0.717) is 11.8 Å². The maximum Gasteiger partial charge on any atom is 0.225 e. The number of hydrogen-bond donors (Lipinski definition) is 0. The van der Waals surface area contributed by atoms with Gasteiger partial charge in [0.2, 0.25) is 5.91 Å². The largest absolute Gasteiger partial charge is 0.342 e. The summed E-state index contributed by atoms with van der Waals surface area (Å²) in [4.78, 5) is 13.8. The average Bonchev–Trinajstić information content (AvgIpc) is 2.81. The Morgan fingerprint density at radius 1 is 1.44 bits per heavy atom. The van der Waals surface area contributed by atoms with Gasteiger partial charge >= 0.3 is 0 Å². The lowest BCUT2D eigenvalue weighted by Crippen LogP contribution is -2.40. The van der Waals surface area contributed by atoms with Crippen LogP contribution in [0.25, 0.3) is 0 Å². The molecule has 88 valence electrons. The highest BCUT2D eigenvalue weighted by molar-refractivity contribution is 7.07. The Labute approximate surface area is 101 Å². The molecule has 0 aliphatic carbocycles. The Bertz CT molecular complexity index is 337. The number of rotatable bonds is 2. The SMILES string of the molecule is CC(C)C(=O)N1CCC(c2ccsc2)CC1. The van der Waals surface area contributed by atoms with Gasteiger partial charge < -0.3 is 4.90 Å². The monoisotopic (exact) mass is 237 g/mol. The van der Waals surface area contributed by atoms with Crippen LogP contribution in [0.3, 0.4) is 0 Å². The zero-order valence-electron chi connectivity index (χ0n) is 9.98. The second-order valence-electron chi connectivity index (χ2n) is 4.81. The predicted octanol–water partition coefficient (Wildman–Crippen LogP) is 3.11. The summed E-state index contributed by atoms with van der Waals surface area (Å²) in [6, 6.07) is 2.22. The molecular formula is C13H19NOS. The first-order valence-electron chi connectivity index (χ1n) is 5.99. The smallest absolute Gasteiger partial charge is 0.225 e. The van der Waals surface area contributed by atoms with Crippen LogP contribution in [0.2, 0.25) is 0 Å². The van der Waals surface area contributed by atoms with E-state index in [1.807, 2.05) is 18.7 Å². The number of amides is 1. The Kier molecular flexibility index (Phi) is 3.64. The summed E-state index contributed by atoms with van der Waals surface area (Å²) in [5.41, 5.74) is 1.46. The van der Waals surface area contributed by atoms with Gasteiger partial charge in [-0.15, -0.1) is 0 Å². The first-order chi connectivity index (χ1) is 7.68. The summed E-state index contributed by atoms with van der Waals surface area (Å²) in [5, 5.41) is 4.38. The van der Waals surface area contributed by atoms with Crippen molar-refractivity contribution in [3.8, 4) is 0 Å². The maximum absolute atomic E-state index is 11.8. The average molecular weight is 237 g/mol. The van der Waals surface area contributed by atoms with Crippen molar-refractivity contribution in [3.05, 3.63) is 22.4 Å². The molecule has 3 heteroatoms. The molecule has 0 saturated carbocycles. The van der Waals surface area contributed by atoms with Gasteiger partial charge in [0.05, 0.1) is 0 Å². The number of likely N-dealkylation sites (tertiary alicyclic amines) is 1. The summed E-state index contributed by atoms with van der Waals surface area (Å²) < 4.78 is 0. The molecule has 2 rings (SSSR count). The van der Waals surface area contributed by atoms with Crippen LogP contribution in [0.5, 0.6) is 0 Å². The van der Waals surface area contributed by atoms with E-state index in [2.05, 4.69) is 16.8 Å². The lowest BCUT2D eigenvalue weighted by Gasteiger charge is -2.32. The lowest BCUT2D eigenvalue weighted by molar-refractivity contribution is -0.135. The highest BCUT2D eigenvalue weighted by Crippen LogP contribution is 2.29. The van der Waals surface area contributed by atoms with Crippen LogP contribution in [0.4, 0.5) is 0 Å². The van der Waals surface area contributed by atoms with Crippen LogP contribution in [-0.4, -0.2) is 23.9 Å². The third kappa shape index (κ3) is 2.46. The number of carbonyl (C=O) groups is 1. The molecule has 1 aromatic heterocycles. The molecule has 0 spiro atoms. The summed E-state index contributed by atoms with van der Waals surface area (Å²) in [6.45, 7) is 5.82. The van der Waals surface area contributed by atoms with E-state index in [1.165, 1.54) is 5.56 Å². The van der Waals surface area contributed by atoms with Gasteiger partial charge in [-0.05, 0) is 41.1 Å². The zero-order chi connectivity index (χ0) is 11.5. The van der Waals surface area contributed by atoms with Crippen molar-refractivity contribution in [1.29, 1.82) is 0 Å². The van der Waals surface area contributed by atoms with Crippen molar-refractivity contribution in [3.63, 3.8) is 0 Å². The zero-order valence-corrected chi connectivity index (χ0v) is 10.8. The van der Waals surface area contributed by atoms with Crippen LogP contribution in [0.15, 0.2) is 16.8 Å². The van der Waals surface area contributed by atoms with E-state index in [9.17, 15) is 4.79 Å². The molecule has 1 saturated heterocycles. The van der Waals surface area contributed by atoms with Gasteiger partial charge in [0.25, 0.3) is 0 Å². The Morgan fingerprint density at radius 3 is 2.62 bits per heavy atom. The van der Waals surface area contributed by atoms with E-state index in [1.54, 1.807) is 11.3 Å². The molecule has 1 aliphatic heterocycles. The molecule has 0 radical (unpaired) electrons. The minimum atomic E-state index is 0.137. The van der Waals surface area contributed by atoms with Gasteiger partial charge in [-0.3, -0.25) is 4.79 Å². The fraction of sp³-hybridized carbons (Fsp3) is 0.615. The molecule has 1 fully saturated rings. The van der Waals surface area contributed by atoms with Crippen molar-refractivity contribution >= 4 is 17.2 Å². The van der Waals surface area contributed by atoms with Crippen molar-refractivity contribution in [2.75, 3.05) is 13.1 Å². The molecule has 0 unspecified atom stereocenters. The molecule has 0 atom stereocenters. The Morgan fingerprint density at radius 2 is 2.12 bits per heavy atom. The Balaban J connectivity index is 1.90. The summed E-state index contributed by atoms with van der Waals surface area (Å²) in [5.74, 6) is 1.11. The standard InChI is InChI=1S/C13H19NOS/c1-10(2)13(15)14-6-3-11(4-7-14)12-5-8-16-9-12/h5,8-11H,3-4,6-7H2,1-2H3. The first kappa shape index (κ1) is 11.6. The van der Waals surface area contributed by atoms with Crippen molar-refractivity contribution in [2.24, 2.45) is 5.92 Å². The van der Waals surface area contributed by atoms with Crippen LogP contribution >= 0.6 is 11.3 Å². The van der Waals surface area contributed by atoms with Gasteiger partial charge in [0.15, 0.2) is 0 Å². The van der Waals surface area contributed by atoms with Crippen molar-refractivity contribution < 1.29 is 4.79 Å². The Hall–Kier alpha value is -0.830. The van der Waals surface area contributed by atoms with Crippen LogP contribution in [-0.2, 0) is 4.79 Å². The number of hydrogen-bond acceptors (Lipinski definition) is 2. The van der Waals surface area contributed by atoms with Crippen LogP contribution in [0.1, 0.15) is 38.2 Å².